The molecule has 2 saturated heterocycles. The number of amides is 2. The summed E-state index contributed by atoms with van der Waals surface area (Å²) < 4.78 is 10.2. The molecule has 2 amide bonds. The second-order valence-corrected chi connectivity index (χ2v) is 8.76. The van der Waals surface area contributed by atoms with Crippen molar-refractivity contribution in [2.45, 2.75) is 18.9 Å². The predicted octanol–water partition coefficient (Wildman–Crippen LogP) is 2.84. The topological polar surface area (TPSA) is 83.3 Å². The molecule has 176 valence electrons. The van der Waals surface area contributed by atoms with E-state index in [1.807, 2.05) is 28.0 Å². The second kappa shape index (κ2) is 10.4. The van der Waals surface area contributed by atoms with Crippen LogP contribution in [0.15, 0.2) is 47.1 Å². The molecule has 2 fully saturated rings. The maximum Gasteiger partial charge on any atom is 0.327 e. The Balaban J connectivity index is 1.33. The van der Waals surface area contributed by atoms with Crippen LogP contribution in [-0.2, 0) is 14.3 Å². The van der Waals surface area contributed by atoms with Crippen molar-refractivity contribution >= 4 is 29.4 Å². The average Bonchev–Trinajstić information content (AvgIpc) is 3.40. The summed E-state index contributed by atoms with van der Waals surface area (Å²) in [4.78, 5) is 43.7. The Hall–Kier alpha value is -2.84. The van der Waals surface area contributed by atoms with E-state index in [2.05, 4.69) is 0 Å². The van der Waals surface area contributed by atoms with Gasteiger partial charge in [0.2, 0.25) is 5.91 Å². The molecule has 0 radical (unpaired) electrons. The molecule has 8 nitrogen and oxygen atoms in total. The number of hydrogen-bond donors (Lipinski definition) is 0. The number of hydrogen-bond acceptors (Lipinski definition) is 6. The maximum absolute atomic E-state index is 13.1. The molecule has 0 saturated carbocycles. The van der Waals surface area contributed by atoms with Crippen LogP contribution in [0.25, 0.3) is 0 Å². The molecule has 9 heteroatoms. The van der Waals surface area contributed by atoms with Crippen LogP contribution in [0.5, 0.6) is 0 Å². The lowest BCUT2D eigenvalue weighted by Gasteiger charge is -2.40. The molecule has 4 rings (SSSR count). The number of ether oxygens (including phenoxy) is 1. The Kier molecular flexibility index (Phi) is 7.35. The van der Waals surface area contributed by atoms with E-state index in [-0.39, 0.29) is 23.7 Å². The largest absolute Gasteiger partial charge is 0.468 e. The summed E-state index contributed by atoms with van der Waals surface area (Å²) in [6, 6.07) is 10.0. The fourth-order valence-corrected chi connectivity index (χ4v) is 4.86. The smallest absolute Gasteiger partial charge is 0.327 e. The minimum absolute atomic E-state index is 0.0998. The van der Waals surface area contributed by atoms with Gasteiger partial charge in [-0.3, -0.25) is 14.5 Å². The molecule has 2 aliphatic rings. The van der Waals surface area contributed by atoms with Crippen LogP contribution in [0.1, 0.15) is 35.0 Å². The molecule has 1 aromatic heterocycles. The number of methoxy groups -OCH3 is 1. The highest BCUT2D eigenvalue weighted by atomic mass is 35.5. The fourth-order valence-electron chi connectivity index (χ4n) is 4.63. The lowest BCUT2D eigenvalue weighted by molar-refractivity contribution is -0.149. The number of likely N-dealkylation sites (tertiary alicyclic amines) is 1. The number of furan rings is 1. The number of esters is 1. The average molecular weight is 474 g/mol. The minimum Gasteiger partial charge on any atom is -0.468 e. The lowest BCUT2D eigenvalue weighted by Crippen LogP contribution is -2.53. The van der Waals surface area contributed by atoms with Crippen molar-refractivity contribution in [1.29, 1.82) is 0 Å². The number of carbonyl (C=O) groups is 3. The van der Waals surface area contributed by atoms with Crippen molar-refractivity contribution in [1.82, 2.24) is 14.7 Å². The first kappa shape index (κ1) is 23.3. The minimum atomic E-state index is -0.600. The summed E-state index contributed by atoms with van der Waals surface area (Å²) in [6.45, 7) is 3.23. The van der Waals surface area contributed by atoms with E-state index in [9.17, 15) is 14.4 Å². The van der Waals surface area contributed by atoms with Crippen LogP contribution in [-0.4, -0.2) is 78.9 Å². The van der Waals surface area contributed by atoms with Gasteiger partial charge in [-0.2, -0.15) is 0 Å². The zero-order valence-electron chi connectivity index (χ0n) is 18.6. The molecule has 1 atom stereocenters. The molecular formula is C24H28ClN3O5. The number of rotatable bonds is 5. The van der Waals surface area contributed by atoms with Gasteiger partial charge in [0.1, 0.15) is 6.04 Å². The van der Waals surface area contributed by atoms with Gasteiger partial charge in [-0.05, 0) is 36.6 Å². The molecule has 1 aromatic carbocycles. The molecule has 3 heterocycles. The number of piperazine rings is 1. The first-order chi connectivity index (χ1) is 16.0. The van der Waals surface area contributed by atoms with Crippen LogP contribution in [0.4, 0.5) is 0 Å². The SMILES string of the molecule is COC(=O)C(c1ccccc1Cl)N1CCN(C(=O)C2CCN(C(=O)c3ccco3)CC2)CC1. The summed E-state index contributed by atoms with van der Waals surface area (Å²) in [5, 5.41) is 0.516. The van der Waals surface area contributed by atoms with E-state index < -0.39 is 6.04 Å². The number of nitrogens with zero attached hydrogens (tertiary/aromatic N) is 3. The first-order valence-corrected chi connectivity index (χ1v) is 11.5. The van der Waals surface area contributed by atoms with E-state index in [0.717, 1.165) is 0 Å². The normalized spacial score (nSPS) is 18.7. The Morgan fingerprint density at radius 1 is 0.970 bits per heavy atom. The predicted molar refractivity (Wildman–Crippen MR) is 122 cm³/mol. The molecular weight excluding hydrogens is 446 g/mol. The highest BCUT2D eigenvalue weighted by molar-refractivity contribution is 6.31. The van der Waals surface area contributed by atoms with Crippen LogP contribution in [0, 0.1) is 5.92 Å². The van der Waals surface area contributed by atoms with Crippen LogP contribution < -0.4 is 0 Å². The summed E-state index contributed by atoms with van der Waals surface area (Å²) in [7, 11) is 1.37. The van der Waals surface area contributed by atoms with Gasteiger partial charge >= 0.3 is 5.97 Å². The Morgan fingerprint density at radius 2 is 1.67 bits per heavy atom. The quantitative estimate of drug-likeness (QED) is 0.621. The highest BCUT2D eigenvalue weighted by Gasteiger charge is 2.36. The van der Waals surface area contributed by atoms with Gasteiger partial charge in [-0.15, -0.1) is 0 Å². The van der Waals surface area contributed by atoms with Crippen molar-refractivity contribution < 1.29 is 23.5 Å². The van der Waals surface area contributed by atoms with Gasteiger partial charge in [-0.1, -0.05) is 29.8 Å². The van der Waals surface area contributed by atoms with E-state index in [1.165, 1.54) is 13.4 Å². The van der Waals surface area contributed by atoms with Gasteiger partial charge in [0.05, 0.1) is 13.4 Å². The monoisotopic (exact) mass is 473 g/mol. The number of piperidine rings is 1. The third-order valence-electron chi connectivity index (χ3n) is 6.48. The van der Waals surface area contributed by atoms with Crippen LogP contribution in [0.2, 0.25) is 5.02 Å². The fraction of sp³-hybridized carbons (Fsp3) is 0.458. The number of halogens is 1. The standard InChI is InChI=1S/C24H28ClN3O5/c1-32-24(31)21(18-5-2-3-6-19(18)25)26-12-14-28(15-13-26)22(29)17-8-10-27(11-9-17)23(30)20-7-4-16-33-20/h2-7,16-17,21H,8-15H2,1H3. The van der Waals surface area contributed by atoms with Crippen LogP contribution >= 0.6 is 11.6 Å². The summed E-state index contributed by atoms with van der Waals surface area (Å²) in [5.74, 6) is -0.150. The maximum atomic E-state index is 13.1. The van der Waals surface area contributed by atoms with Crippen molar-refractivity contribution in [2.75, 3.05) is 46.4 Å². The molecule has 2 aliphatic heterocycles. The summed E-state index contributed by atoms with van der Waals surface area (Å²) in [5.41, 5.74) is 0.708. The molecule has 0 N–H and O–H groups in total. The lowest BCUT2D eigenvalue weighted by atomic mass is 9.94. The van der Waals surface area contributed by atoms with Crippen LogP contribution in [0.3, 0.4) is 0 Å². The van der Waals surface area contributed by atoms with Crippen molar-refractivity contribution in [3.63, 3.8) is 0 Å². The Labute approximate surface area is 198 Å². The van der Waals surface area contributed by atoms with E-state index >= 15 is 0 Å². The number of benzene rings is 1. The molecule has 2 aromatic rings. The zero-order valence-corrected chi connectivity index (χ0v) is 19.4. The molecule has 1 unspecified atom stereocenters. The van der Waals surface area contributed by atoms with Crippen molar-refractivity contribution in [3.8, 4) is 0 Å². The molecule has 0 bridgehead atoms. The van der Waals surface area contributed by atoms with Gasteiger partial charge < -0.3 is 19.0 Å². The van der Waals surface area contributed by atoms with Crippen molar-refractivity contribution in [3.05, 3.63) is 59.0 Å². The van der Waals surface area contributed by atoms with E-state index in [1.54, 1.807) is 23.1 Å². The number of carbonyl (C=O) groups excluding carboxylic acids is 3. The van der Waals surface area contributed by atoms with Gasteiger partial charge in [0.15, 0.2) is 5.76 Å². The zero-order chi connectivity index (χ0) is 23.4. The van der Waals surface area contributed by atoms with Gasteiger partial charge in [-0.25, -0.2) is 4.79 Å². The Bertz CT molecular complexity index is 980. The Morgan fingerprint density at radius 3 is 2.27 bits per heavy atom. The van der Waals surface area contributed by atoms with E-state index in [0.29, 0.717) is 68.5 Å². The van der Waals surface area contributed by atoms with Gasteiger partial charge in [0.25, 0.3) is 5.91 Å². The molecule has 0 spiro atoms. The molecule has 33 heavy (non-hydrogen) atoms. The molecule has 0 aliphatic carbocycles. The summed E-state index contributed by atoms with van der Waals surface area (Å²) in [6.07, 6.45) is 2.76. The highest BCUT2D eigenvalue weighted by Crippen LogP contribution is 2.30. The second-order valence-electron chi connectivity index (χ2n) is 8.35. The van der Waals surface area contributed by atoms with E-state index in [4.69, 9.17) is 20.8 Å². The van der Waals surface area contributed by atoms with Crippen molar-refractivity contribution in [2.24, 2.45) is 5.92 Å². The third-order valence-corrected chi connectivity index (χ3v) is 6.82. The first-order valence-electron chi connectivity index (χ1n) is 11.2. The third kappa shape index (κ3) is 5.07. The summed E-state index contributed by atoms with van der Waals surface area (Å²) >= 11 is 6.35. The van der Waals surface area contributed by atoms with Gasteiger partial charge in [0, 0.05) is 50.2 Å².